The Morgan fingerprint density at radius 1 is 1.38 bits per heavy atom. The molecule has 1 N–H and O–H groups in total. The maximum absolute atomic E-state index is 4.59. The molecule has 0 aromatic carbocycles. The Labute approximate surface area is 123 Å². The lowest BCUT2D eigenvalue weighted by molar-refractivity contribution is 0.393. The number of nitrogens with one attached hydrogen (secondary N) is 1. The molecule has 5 heteroatoms. The van der Waals surface area contributed by atoms with Gasteiger partial charge in [0.25, 0.3) is 0 Å². The van der Waals surface area contributed by atoms with Gasteiger partial charge < -0.3 is 4.98 Å². The Balaban J connectivity index is 1.68. The summed E-state index contributed by atoms with van der Waals surface area (Å²) in [6, 6.07) is 2.56. The summed E-state index contributed by atoms with van der Waals surface area (Å²) in [6.45, 7) is 2.24. The van der Waals surface area contributed by atoms with Gasteiger partial charge in [-0.25, -0.2) is 0 Å². The van der Waals surface area contributed by atoms with Gasteiger partial charge in [0.2, 0.25) is 0 Å². The molecule has 4 rings (SSSR count). The fourth-order valence-electron chi connectivity index (χ4n) is 2.98. The van der Waals surface area contributed by atoms with Gasteiger partial charge in [-0.3, -0.25) is 4.68 Å². The third-order valence-electron chi connectivity index (χ3n) is 4.42. The molecule has 3 aromatic rings. The normalized spacial score (nSPS) is 16.4. The first-order valence-corrected chi connectivity index (χ1v) is 7.68. The molecule has 0 bridgehead atoms. The van der Waals surface area contributed by atoms with Crippen molar-refractivity contribution in [3.8, 4) is 11.1 Å². The van der Waals surface area contributed by atoms with Crippen LogP contribution in [0, 0.1) is 5.92 Å². The van der Waals surface area contributed by atoms with Gasteiger partial charge in [-0.05, 0) is 24.8 Å². The summed E-state index contributed by atoms with van der Waals surface area (Å²) in [5, 5.41) is 13.9. The second-order valence-electron chi connectivity index (χ2n) is 5.95. The highest BCUT2D eigenvalue weighted by Gasteiger charge is 2.26. The van der Waals surface area contributed by atoms with E-state index >= 15 is 0 Å². The lowest BCUT2D eigenvalue weighted by Crippen LogP contribution is -2.09. The minimum atomic E-state index is 0.516. The highest BCUT2D eigenvalue weighted by Crippen LogP contribution is 2.38. The Morgan fingerprint density at radius 3 is 3.10 bits per heavy atom. The average molecular weight is 281 g/mol. The molecule has 0 saturated heterocycles. The van der Waals surface area contributed by atoms with Crippen LogP contribution >= 0.6 is 0 Å². The van der Waals surface area contributed by atoms with E-state index in [1.54, 1.807) is 0 Å². The molecule has 5 nitrogen and oxygen atoms in total. The SMILES string of the molecule is CCC(CC1CC1)n1cc(-c2cnnc3[nH]ccc23)cn1. The van der Waals surface area contributed by atoms with Gasteiger partial charge in [0.05, 0.1) is 18.4 Å². The van der Waals surface area contributed by atoms with E-state index in [2.05, 4.69) is 38.1 Å². The maximum Gasteiger partial charge on any atom is 0.160 e. The molecule has 108 valence electrons. The van der Waals surface area contributed by atoms with Gasteiger partial charge in [-0.2, -0.15) is 10.2 Å². The van der Waals surface area contributed by atoms with Crippen molar-refractivity contribution in [1.82, 2.24) is 25.0 Å². The van der Waals surface area contributed by atoms with Crippen LogP contribution in [-0.4, -0.2) is 25.0 Å². The summed E-state index contributed by atoms with van der Waals surface area (Å²) in [7, 11) is 0. The fourth-order valence-corrected chi connectivity index (χ4v) is 2.98. The average Bonchev–Trinajstić information content (AvgIpc) is 3.02. The van der Waals surface area contributed by atoms with Gasteiger partial charge in [-0.1, -0.05) is 19.8 Å². The minimum absolute atomic E-state index is 0.516. The van der Waals surface area contributed by atoms with Gasteiger partial charge in [0, 0.05) is 28.9 Å². The second-order valence-corrected chi connectivity index (χ2v) is 5.95. The van der Waals surface area contributed by atoms with Gasteiger partial charge in [-0.15, -0.1) is 5.10 Å². The number of H-pyrrole nitrogens is 1. The molecular formula is C16H19N5. The van der Waals surface area contributed by atoms with E-state index in [4.69, 9.17) is 0 Å². The third kappa shape index (κ3) is 2.33. The van der Waals surface area contributed by atoms with Crippen LogP contribution in [0.4, 0.5) is 0 Å². The zero-order valence-corrected chi connectivity index (χ0v) is 12.2. The lowest BCUT2D eigenvalue weighted by Gasteiger charge is -2.14. The van der Waals surface area contributed by atoms with Crippen LogP contribution in [-0.2, 0) is 0 Å². The predicted octanol–water partition coefficient (Wildman–Crippen LogP) is 3.57. The molecule has 1 aliphatic carbocycles. The van der Waals surface area contributed by atoms with Crippen LogP contribution in [0.3, 0.4) is 0 Å². The van der Waals surface area contributed by atoms with Crippen molar-refractivity contribution in [3.05, 3.63) is 30.9 Å². The molecular weight excluding hydrogens is 262 g/mol. The monoisotopic (exact) mass is 281 g/mol. The molecule has 1 saturated carbocycles. The smallest absolute Gasteiger partial charge is 0.160 e. The first-order chi connectivity index (χ1) is 10.3. The Kier molecular flexibility index (Phi) is 2.98. The van der Waals surface area contributed by atoms with E-state index in [-0.39, 0.29) is 0 Å². The minimum Gasteiger partial charge on any atom is -0.345 e. The molecule has 1 atom stereocenters. The molecule has 0 amide bonds. The van der Waals surface area contributed by atoms with Crippen molar-refractivity contribution in [2.24, 2.45) is 5.92 Å². The quantitative estimate of drug-likeness (QED) is 0.777. The zero-order chi connectivity index (χ0) is 14.2. The highest BCUT2D eigenvalue weighted by molar-refractivity contribution is 5.91. The van der Waals surface area contributed by atoms with Crippen molar-refractivity contribution >= 4 is 11.0 Å². The predicted molar refractivity (Wildman–Crippen MR) is 81.8 cm³/mol. The van der Waals surface area contributed by atoms with E-state index in [1.165, 1.54) is 19.3 Å². The zero-order valence-electron chi connectivity index (χ0n) is 12.2. The molecule has 0 spiro atoms. The van der Waals surface area contributed by atoms with Crippen LogP contribution in [0.2, 0.25) is 0 Å². The molecule has 21 heavy (non-hydrogen) atoms. The van der Waals surface area contributed by atoms with Crippen LogP contribution in [0.15, 0.2) is 30.9 Å². The van der Waals surface area contributed by atoms with Crippen LogP contribution in [0.5, 0.6) is 0 Å². The first-order valence-electron chi connectivity index (χ1n) is 7.68. The Bertz CT molecular complexity index is 753. The van der Waals surface area contributed by atoms with E-state index in [9.17, 15) is 0 Å². The summed E-state index contributed by atoms with van der Waals surface area (Å²) < 4.78 is 2.13. The maximum atomic E-state index is 4.59. The number of fused-ring (bicyclic) bond motifs is 1. The van der Waals surface area contributed by atoms with E-state index < -0.39 is 0 Å². The van der Waals surface area contributed by atoms with E-state index in [1.807, 2.05) is 24.7 Å². The molecule has 1 aliphatic rings. The summed E-state index contributed by atoms with van der Waals surface area (Å²) >= 11 is 0. The van der Waals surface area contributed by atoms with Crippen molar-refractivity contribution in [1.29, 1.82) is 0 Å². The summed E-state index contributed by atoms with van der Waals surface area (Å²) in [5.41, 5.74) is 3.03. The molecule has 0 aliphatic heterocycles. The van der Waals surface area contributed by atoms with Crippen LogP contribution in [0.25, 0.3) is 22.2 Å². The lowest BCUT2D eigenvalue weighted by atomic mass is 10.1. The number of nitrogens with zero attached hydrogens (tertiary/aromatic N) is 4. The number of aromatic nitrogens is 5. The molecule has 0 radical (unpaired) electrons. The van der Waals surface area contributed by atoms with Crippen LogP contribution in [0.1, 0.15) is 38.6 Å². The number of rotatable bonds is 5. The van der Waals surface area contributed by atoms with Crippen molar-refractivity contribution in [3.63, 3.8) is 0 Å². The third-order valence-corrected chi connectivity index (χ3v) is 4.42. The number of aromatic amines is 1. The molecule has 1 unspecified atom stereocenters. The molecule has 1 fully saturated rings. The largest absolute Gasteiger partial charge is 0.345 e. The standard InChI is InChI=1S/C16H19N5/c1-2-13(7-11-3-4-11)21-10-12(8-19-21)15-9-18-20-16-14(15)5-6-17-16/h5-6,8-11,13H,2-4,7H2,1H3,(H,17,20). The van der Waals surface area contributed by atoms with Gasteiger partial charge in [0.1, 0.15) is 0 Å². The van der Waals surface area contributed by atoms with Crippen LogP contribution < -0.4 is 0 Å². The topological polar surface area (TPSA) is 59.4 Å². The fraction of sp³-hybridized carbons (Fsp3) is 0.438. The number of hydrogen-bond acceptors (Lipinski definition) is 3. The van der Waals surface area contributed by atoms with E-state index in [0.717, 1.165) is 34.5 Å². The van der Waals surface area contributed by atoms with Gasteiger partial charge in [0.15, 0.2) is 5.65 Å². The Morgan fingerprint density at radius 2 is 2.29 bits per heavy atom. The van der Waals surface area contributed by atoms with Gasteiger partial charge >= 0.3 is 0 Å². The summed E-state index contributed by atoms with van der Waals surface area (Å²) in [4.78, 5) is 3.10. The summed E-state index contributed by atoms with van der Waals surface area (Å²) in [5.74, 6) is 0.918. The molecule has 3 aromatic heterocycles. The van der Waals surface area contributed by atoms with Crippen molar-refractivity contribution in [2.75, 3.05) is 0 Å². The Hall–Kier alpha value is -2.17. The van der Waals surface area contributed by atoms with E-state index in [0.29, 0.717) is 6.04 Å². The first kappa shape index (κ1) is 12.6. The van der Waals surface area contributed by atoms with Crippen molar-refractivity contribution < 1.29 is 0 Å². The second kappa shape index (κ2) is 4.98. The summed E-state index contributed by atoms with van der Waals surface area (Å²) in [6.07, 6.45) is 13.0. The molecule has 3 heterocycles. The van der Waals surface area contributed by atoms with Crippen molar-refractivity contribution in [2.45, 2.75) is 38.6 Å². The highest BCUT2D eigenvalue weighted by atomic mass is 15.3. The number of hydrogen-bond donors (Lipinski definition) is 1.